The number of rotatable bonds is 13. The van der Waals surface area contributed by atoms with Gasteiger partial charge in [0.05, 0.1) is 54.2 Å². The van der Waals surface area contributed by atoms with Crippen LogP contribution in [0.25, 0.3) is 11.0 Å². The van der Waals surface area contributed by atoms with Gasteiger partial charge in [0.15, 0.2) is 11.6 Å². The summed E-state index contributed by atoms with van der Waals surface area (Å²) in [5, 5.41) is 11.7. The minimum Gasteiger partial charge on any atom is -0.394 e. The molecule has 5 rings (SSSR count). The monoisotopic (exact) mass is 646 g/mol. The number of nitrogens with one attached hydrogen (secondary N) is 4. The predicted octanol–water partition coefficient (Wildman–Crippen LogP) is 4.82. The summed E-state index contributed by atoms with van der Waals surface area (Å²) in [6, 6.07) is 10.1. The van der Waals surface area contributed by atoms with E-state index in [2.05, 4.69) is 25.2 Å². The smallest absolute Gasteiger partial charge is 0.299 e. The van der Waals surface area contributed by atoms with E-state index in [1.165, 1.54) is 47.3 Å². The highest BCUT2D eigenvalue weighted by Crippen LogP contribution is 2.37. The van der Waals surface area contributed by atoms with Crippen molar-refractivity contribution in [1.82, 2.24) is 19.8 Å². The third kappa shape index (κ3) is 7.22. The number of anilines is 3. The van der Waals surface area contributed by atoms with Crippen molar-refractivity contribution in [2.45, 2.75) is 45.1 Å². The summed E-state index contributed by atoms with van der Waals surface area (Å²) in [7, 11) is -4.01. The highest BCUT2D eigenvalue weighted by Gasteiger charge is 2.25. The summed E-state index contributed by atoms with van der Waals surface area (Å²) in [6.45, 7) is 0.845. The number of hydrogen-bond acceptors (Lipinski definition) is 7. The molecule has 0 unspecified atom stereocenters. The third-order valence-electron chi connectivity index (χ3n) is 7.54. The fourth-order valence-corrected chi connectivity index (χ4v) is 6.32. The lowest BCUT2D eigenvalue weighted by molar-refractivity contribution is 0.0169. The van der Waals surface area contributed by atoms with Gasteiger partial charge in [0, 0.05) is 12.1 Å². The van der Waals surface area contributed by atoms with Crippen LogP contribution in [-0.2, 0) is 21.6 Å². The molecule has 240 valence electrons. The molecular formula is C30H33F3N6O5S. The van der Waals surface area contributed by atoms with Crippen LogP contribution >= 0.6 is 0 Å². The summed E-state index contributed by atoms with van der Waals surface area (Å²) in [5.74, 6) is -3.08. The number of benzene rings is 3. The first kappa shape index (κ1) is 32.2. The number of aromatic nitrogens is 2. The maximum Gasteiger partial charge on any atom is 0.299 e. The molecule has 4 aromatic rings. The number of hydroxylamine groups is 1. The fourth-order valence-electron chi connectivity index (χ4n) is 5.42. The minimum absolute atomic E-state index is 0.0512. The maximum atomic E-state index is 16.1. The van der Waals surface area contributed by atoms with Crippen LogP contribution < -0.4 is 20.2 Å². The Labute approximate surface area is 257 Å². The van der Waals surface area contributed by atoms with E-state index in [9.17, 15) is 13.2 Å². The second-order valence-electron chi connectivity index (χ2n) is 10.6. The number of aliphatic hydroxyl groups is 1. The standard InChI is InChI=1S/C30H33F3N6O5S/c1-2-35-45(42,43)38-24-9-5-8-20(26(24)32)16-39-17-34-29-25(39)15-21(30(41)37-44-13-12-40)28(27(29)33)36-23-11-10-19(14-22(23)31)18-6-3-4-7-18/h5,8-11,14-15,17-18,35-36,38,40H,2-4,6-7,12-13,16H2,1H3,(H,37,41). The van der Waals surface area contributed by atoms with Gasteiger partial charge in [0.1, 0.15) is 11.3 Å². The van der Waals surface area contributed by atoms with Crippen molar-refractivity contribution in [2.24, 2.45) is 0 Å². The molecule has 1 saturated carbocycles. The molecule has 1 aromatic heterocycles. The van der Waals surface area contributed by atoms with Gasteiger partial charge in [-0.3, -0.25) is 14.4 Å². The average Bonchev–Trinajstić information content (AvgIpc) is 3.68. The van der Waals surface area contributed by atoms with Crippen molar-refractivity contribution in [2.75, 3.05) is 29.8 Å². The van der Waals surface area contributed by atoms with Crippen molar-refractivity contribution in [3.05, 3.63) is 82.9 Å². The summed E-state index contributed by atoms with van der Waals surface area (Å²) < 4.78 is 76.6. The highest BCUT2D eigenvalue weighted by molar-refractivity contribution is 7.90. The first-order valence-electron chi connectivity index (χ1n) is 14.4. The fraction of sp³-hybridized carbons (Fsp3) is 0.333. The SMILES string of the molecule is CCNS(=O)(=O)Nc1cccc(Cn2cnc3c(F)c(Nc4ccc(C5CCCC5)cc4F)c(C(=O)NOCCO)cc32)c1F. The number of amides is 1. The van der Waals surface area contributed by atoms with E-state index >= 15 is 13.2 Å². The van der Waals surface area contributed by atoms with Gasteiger partial charge in [-0.15, -0.1) is 0 Å². The summed E-state index contributed by atoms with van der Waals surface area (Å²) in [5.41, 5.74) is 1.96. The number of carbonyl (C=O) groups is 1. The first-order chi connectivity index (χ1) is 21.6. The van der Waals surface area contributed by atoms with Crippen LogP contribution in [0.4, 0.5) is 30.2 Å². The van der Waals surface area contributed by atoms with E-state index < -0.39 is 33.6 Å². The molecule has 1 amide bonds. The highest BCUT2D eigenvalue weighted by atomic mass is 32.2. The Morgan fingerprint density at radius 1 is 1.09 bits per heavy atom. The van der Waals surface area contributed by atoms with E-state index in [0.29, 0.717) is 0 Å². The number of imidazole rings is 1. The number of aliphatic hydroxyl groups excluding tert-OH is 1. The van der Waals surface area contributed by atoms with Crippen LogP contribution in [-0.4, -0.2) is 48.7 Å². The average molecular weight is 647 g/mol. The Bertz CT molecular complexity index is 1810. The number of nitrogens with zero attached hydrogens (tertiary/aromatic N) is 2. The molecule has 0 saturated heterocycles. The molecule has 5 N–H and O–H groups in total. The van der Waals surface area contributed by atoms with Crippen LogP contribution in [0.1, 0.15) is 60.0 Å². The lowest BCUT2D eigenvalue weighted by atomic mass is 9.97. The van der Waals surface area contributed by atoms with E-state index in [4.69, 9.17) is 9.94 Å². The lowest BCUT2D eigenvalue weighted by Gasteiger charge is -2.17. The van der Waals surface area contributed by atoms with Gasteiger partial charge in [-0.25, -0.2) is 23.6 Å². The largest absolute Gasteiger partial charge is 0.394 e. The van der Waals surface area contributed by atoms with Crippen molar-refractivity contribution in [3.63, 3.8) is 0 Å². The normalized spacial score (nSPS) is 13.8. The van der Waals surface area contributed by atoms with E-state index in [-0.39, 0.29) is 71.4 Å². The van der Waals surface area contributed by atoms with Gasteiger partial charge in [-0.1, -0.05) is 38.0 Å². The summed E-state index contributed by atoms with van der Waals surface area (Å²) in [4.78, 5) is 22.2. The Kier molecular flexibility index (Phi) is 9.92. The van der Waals surface area contributed by atoms with Crippen molar-refractivity contribution < 1.29 is 36.3 Å². The van der Waals surface area contributed by atoms with Gasteiger partial charge in [0.2, 0.25) is 0 Å². The zero-order chi connectivity index (χ0) is 32.1. The molecule has 0 radical (unpaired) electrons. The van der Waals surface area contributed by atoms with Crippen LogP contribution in [0.5, 0.6) is 0 Å². The Hall–Kier alpha value is -4.18. The van der Waals surface area contributed by atoms with Crippen LogP contribution in [0, 0.1) is 17.5 Å². The Balaban J connectivity index is 1.51. The topological polar surface area (TPSA) is 147 Å². The van der Waals surface area contributed by atoms with E-state index in [1.54, 1.807) is 13.0 Å². The zero-order valence-corrected chi connectivity index (χ0v) is 25.2. The number of fused-ring (bicyclic) bond motifs is 1. The number of carbonyl (C=O) groups excluding carboxylic acids is 1. The second-order valence-corrected chi connectivity index (χ2v) is 12.1. The molecule has 0 bridgehead atoms. The first-order valence-corrected chi connectivity index (χ1v) is 15.9. The van der Waals surface area contributed by atoms with E-state index in [0.717, 1.165) is 31.2 Å². The van der Waals surface area contributed by atoms with Gasteiger partial charge in [-0.2, -0.15) is 13.1 Å². The molecule has 3 aromatic carbocycles. The van der Waals surface area contributed by atoms with Crippen LogP contribution in [0.15, 0.2) is 48.8 Å². The quantitative estimate of drug-likeness (QED) is 0.103. The molecule has 45 heavy (non-hydrogen) atoms. The molecule has 1 aliphatic carbocycles. The summed E-state index contributed by atoms with van der Waals surface area (Å²) >= 11 is 0. The van der Waals surface area contributed by atoms with Gasteiger partial charge >= 0.3 is 0 Å². The minimum atomic E-state index is -4.01. The molecule has 1 fully saturated rings. The molecular weight excluding hydrogens is 613 g/mol. The van der Waals surface area contributed by atoms with Crippen molar-refractivity contribution in [1.29, 1.82) is 0 Å². The van der Waals surface area contributed by atoms with Gasteiger partial charge in [-0.05, 0) is 48.6 Å². The molecule has 1 aliphatic rings. The molecule has 15 heteroatoms. The second kappa shape index (κ2) is 13.9. The molecule has 1 heterocycles. The predicted molar refractivity (Wildman–Crippen MR) is 163 cm³/mol. The Morgan fingerprint density at radius 2 is 1.87 bits per heavy atom. The molecule has 0 aliphatic heterocycles. The molecule has 0 spiro atoms. The van der Waals surface area contributed by atoms with E-state index in [1.807, 2.05) is 0 Å². The van der Waals surface area contributed by atoms with Gasteiger partial charge < -0.3 is 15.0 Å². The number of hydrogen-bond donors (Lipinski definition) is 5. The Morgan fingerprint density at radius 3 is 2.58 bits per heavy atom. The van der Waals surface area contributed by atoms with Crippen LogP contribution in [0.2, 0.25) is 0 Å². The van der Waals surface area contributed by atoms with Crippen molar-refractivity contribution >= 4 is 44.2 Å². The third-order valence-corrected chi connectivity index (χ3v) is 8.69. The van der Waals surface area contributed by atoms with Gasteiger partial charge in [0.25, 0.3) is 16.1 Å². The zero-order valence-electron chi connectivity index (χ0n) is 24.4. The molecule has 11 nitrogen and oxygen atoms in total. The lowest BCUT2D eigenvalue weighted by Crippen LogP contribution is -2.30. The summed E-state index contributed by atoms with van der Waals surface area (Å²) in [6.07, 6.45) is 5.34. The maximum absolute atomic E-state index is 16.1. The number of halogens is 3. The molecule has 0 atom stereocenters. The van der Waals surface area contributed by atoms with Crippen molar-refractivity contribution in [3.8, 4) is 0 Å². The van der Waals surface area contributed by atoms with Crippen LogP contribution in [0.3, 0.4) is 0 Å².